The van der Waals surface area contributed by atoms with Gasteiger partial charge in [-0.15, -0.1) is 11.3 Å². The lowest BCUT2D eigenvalue weighted by Gasteiger charge is -2.06. The van der Waals surface area contributed by atoms with Crippen LogP contribution >= 0.6 is 11.3 Å². The van der Waals surface area contributed by atoms with E-state index in [2.05, 4.69) is 9.97 Å². The minimum Gasteiger partial charge on any atom is -0.462 e. The normalized spacial score (nSPS) is 11.0. The monoisotopic (exact) mass is 490 g/mol. The first-order valence-electron chi connectivity index (χ1n) is 11.4. The van der Waals surface area contributed by atoms with Gasteiger partial charge >= 0.3 is 5.97 Å². The van der Waals surface area contributed by atoms with Gasteiger partial charge in [0.25, 0.3) is 5.56 Å². The smallest absolute Gasteiger partial charge is 0.338 e. The lowest BCUT2D eigenvalue weighted by atomic mass is 10.1. The molecule has 2 aromatic carbocycles. The highest BCUT2D eigenvalue weighted by Gasteiger charge is 2.16. The third-order valence-corrected chi connectivity index (χ3v) is 6.46. The molecule has 0 atom stereocenters. The summed E-state index contributed by atoms with van der Waals surface area (Å²) >= 11 is 1.32. The van der Waals surface area contributed by atoms with Gasteiger partial charge in [-0.2, -0.15) is 0 Å². The lowest BCUT2D eigenvalue weighted by molar-refractivity contribution is 0.0526. The fraction of sp³-hybridized carbons (Fsp3) is 0.259. The van der Waals surface area contributed by atoms with Gasteiger partial charge in [-0.3, -0.25) is 9.59 Å². The van der Waals surface area contributed by atoms with E-state index in [0.29, 0.717) is 35.4 Å². The van der Waals surface area contributed by atoms with Crippen molar-refractivity contribution in [1.82, 2.24) is 9.97 Å². The van der Waals surface area contributed by atoms with Crippen LogP contribution in [0.4, 0.5) is 0 Å². The number of hydrogen-bond donors (Lipinski definition) is 1. The number of aromatic amines is 1. The van der Waals surface area contributed by atoms with Crippen LogP contribution in [-0.2, 0) is 29.1 Å². The molecule has 0 fully saturated rings. The molecule has 4 rings (SSSR count). The molecule has 0 unspecified atom stereocenters. The fourth-order valence-corrected chi connectivity index (χ4v) is 4.53. The van der Waals surface area contributed by atoms with Gasteiger partial charge in [0, 0.05) is 12.0 Å². The molecule has 0 spiro atoms. The summed E-state index contributed by atoms with van der Waals surface area (Å²) in [4.78, 5) is 44.7. The number of thiophene rings is 1. The zero-order chi connectivity index (χ0) is 24.8. The Morgan fingerprint density at radius 2 is 1.71 bits per heavy atom. The van der Waals surface area contributed by atoms with Crippen molar-refractivity contribution in [2.75, 3.05) is 6.61 Å². The zero-order valence-corrected chi connectivity index (χ0v) is 20.4. The van der Waals surface area contributed by atoms with E-state index >= 15 is 0 Å². The molecular formula is C27H26N2O5S. The predicted molar refractivity (Wildman–Crippen MR) is 135 cm³/mol. The fourth-order valence-electron chi connectivity index (χ4n) is 3.61. The number of ketones is 1. The molecule has 0 bridgehead atoms. The molecule has 7 nitrogen and oxygen atoms in total. The van der Waals surface area contributed by atoms with Crippen LogP contribution in [0.2, 0.25) is 0 Å². The van der Waals surface area contributed by atoms with Gasteiger partial charge in [0.05, 0.1) is 30.8 Å². The van der Waals surface area contributed by atoms with Crippen molar-refractivity contribution < 1.29 is 19.1 Å². The number of nitrogens with zero attached hydrogens (tertiary/aromatic N) is 1. The van der Waals surface area contributed by atoms with Crippen LogP contribution in [-0.4, -0.2) is 28.3 Å². The van der Waals surface area contributed by atoms with Gasteiger partial charge in [0.1, 0.15) is 4.83 Å². The molecule has 0 aliphatic carbocycles. The minimum atomic E-state index is -0.357. The minimum absolute atomic E-state index is 0.0885. The van der Waals surface area contributed by atoms with Crippen molar-refractivity contribution in [2.24, 2.45) is 0 Å². The van der Waals surface area contributed by atoms with Crippen LogP contribution in [0.5, 0.6) is 0 Å². The number of Topliss-reactive ketones (excluding diaryl/α,β-unsaturated/α-hetero) is 1. The van der Waals surface area contributed by atoms with Crippen molar-refractivity contribution in [3.63, 3.8) is 0 Å². The molecule has 0 saturated carbocycles. The summed E-state index contributed by atoms with van der Waals surface area (Å²) in [6.45, 7) is 4.66. The molecule has 1 N–H and O–H groups in total. The van der Waals surface area contributed by atoms with Crippen molar-refractivity contribution in [1.29, 1.82) is 0 Å². The van der Waals surface area contributed by atoms with E-state index in [1.165, 1.54) is 16.9 Å². The summed E-state index contributed by atoms with van der Waals surface area (Å²) in [5.41, 5.74) is 4.00. The number of ether oxygens (including phenoxy) is 2. The summed E-state index contributed by atoms with van der Waals surface area (Å²) in [6, 6.07) is 15.0. The summed E-state index contributed by atoms with van der Waals surface area (Å²) < 4.78 is 10.8. The van der Waals surface area contributed by atoms with E-state index in [1.807, 2.05) is 36.6 Å². The molecule has 0 amide bonds. The van der Waals surface area contributed by atoms with E-state index in [1.54, 1.807) is 31.2 Å². The Bertz CT molecular complexity index is 1390. The molecule has 0 aliphatic heterocycles. The molecule has 4 aromatic rings. The molecule has 0 aliphatic rings. The van der Waals surface area contributed by atoms with Crippen molar-refractivity contribution in [2.45, 2.75) is 39.9 Å². The second kappa shape index (κ2) is 11.2. The van der Waals surface area contributed by atoms with Gasteiger partial charge < -0.3 is 14.5 Å². The molecule has 2 aromatic heterocycles. The second-order valence-corrected chi connectivity index (χ2v) is 9.03. The van der Waals surface area contributed by atoms with Crippen molar-refractivity contribution in [3.8, 4) is 0 Å². The Labute approximate surface area is 206 Å². The van der Waals surface area contributed by atoms with Gasteiger partial charge in [0.15, 0.2) is 11.6 Å². The number of H-pyrrole nitrogens is 1. The molecule has 0 radical (unpaired) electrons. The number of nitrogens with one attached hydrogen (secondary N) is 1. The lowest BCUT2D eigenvalue weighted by Crippen LogP contribution is -2.16. The highest BCUT2D eigenvalue weighted by atomic mass is 32.1. The van der Waals surface area contributed by atoms with E-state index < -0.39 is 0 Å². The van der Waals surface area contributed by atoms with Gasteiger partial charge in [-0.25, -0.2) is 9.78 Å². The molecule has 8 heteroatoms. The highest BCUT2D eigenvalue weighted by molar-refractivity contribution is 7.16. The first-order valence-corrected chi connectivity index (χ1v) is 12.3. The standard InChI is InChI=1S/C27H26N2O5S/c1-3-34-27(32)20-11-8-19(9-12-20)14-33-15-21-16-35-26-23(21)25(31)28-24(29-26)22(30)13-10-18-6-4-17(2)5-7-18/h4-9,11-12,16H,3,10,13-15H2,1-2H3,(H,28,29,31). The van der Waals surface area contributed by atoms with Gasteiger partial charge in [-0.1, -0.05) is 42.0 Å². The first kappa shape index (κ1) is 24.5. The van der Waals surface area contributed by atoms with Crippen molar-refractivity contribution >= 4 is 33.3 Å². The summed E-state index contributed by atoms with van der Waals surface area (Å²) in [5, 5.41) is 2.28. The number of hydrogen-bond acceptors (Lipinski definition) is 7. The number of aryl methyl sites for hydroxylation is 2. The number of aromatic nitrogens is 2. The largest absolute Gasteiger partial charge is 0.462 e. The molecule has 180 valence electrons. The second-order valence-electron chi connectivity index (χ2n) is 8.17. The maximum Gasteiger partial charge on any atom is 0.338 e. The number of rotatable bonds is 10. The summed E-state index contributed by atoms with van der Waals surface area (Å²) in [7, 11) is 0. The van der Waals surface area contributed by atoms with E-state index in [-0.39, 0.29) is 36.2 Å². The number of benzene rings is 2. The molecule has 0 saturated heterocycles. The Hall–Kier alpha value is -3.62. The van der Waals surface area contributed by atoms with E-state index in [9.17, 15) is 14.4 Å². The highest BCUT2D eigenvalue weighted by Crippen LogP contribution is 2.22. The van der Waals surface area contributed by atoms with Gasteiger partial charge in [-0.05, 0) is 48.9 Å². The predicted octanol–water partition coefficient (Wildman–Crippen LogP) is 5.00. The van der Waals surface area contributed by atoms with Crippen molar-refractivity contribution in [3.05, 3.63) is 97.9 Å². The summed E-state index contributed by atoms with van der Waals surface area (Å²) in [6.07, 6.45) is 0.860. The summed E-state index contributed by atoms with van der Waals surface area (Å²) in [5.74, 6) is -0.461. The number of carbonyl (C=O) groups is 2. The van der Waals surface area contributed by atoms with E-state index in [4.69, 9.17) is 9.47 Å². The van der Waals surface area contributed by atoms with Crippen LogP contribution in [0.25, 0.3) is 10.2 Å². The molecular weight excluding hydrogens is 464 g/mol. The molecule has 2 heterocycles. The Morgan fingerprint density at radius 1 is 1.00 bits per heavy atom. The van der Waals surface area contributed by atoms with Crippen LogP contribution in [0.3, 0.4) is 0 Å². The van der Waals surface area contributed by atoms with Gasteiger partial charge in [0.2, 0.25) is 0 Å². The topological polar surface area (TPSA) is 98.3 Å². The number of fused-ring (bicyclic) bond motifs is 1. The number of carbonyl (C=O) groups excluding carboxylic acids is 2. The Kier molecular flexibility index (Phi) is 7.84. The molecule has 35 heavy (non-hydrogen) atoms. The third kappa shape index (κ3) is 6.09. The maximum atomic E-state index is 12.7. The SMILES string of the molecule is CCOC(=O)c1ccc(COCc2csc3nc(C(=O)CCc4ccc(C)cc4)[nH]c(=O)c23)cc1. The Balaban J connectivity index is 1.37. The van der Waals surface area contributed by atoms with Crippen LogP contribution in [0, 0.1) is 6.92 Å². The first-order chi connectivity index (χ1) is 16.9. The van der Waals surface area contributed by atoms with Crippen LogP contribution in [0.15, 0.2) is 58.7 Å². The van der Waals surface area contributed by atoms with E-state index in [0.717, 1.165) is 16.7 Å². The average Bonchev–Trinajstić information content (AvgIpc) is 3.27. The average molecular weight is 491 g/mol. The third-order valence-electron chi connectivity index (χ3n) is 5.54. The Morgan fingerprint density at radius 3 is 2.43 bits per heavy atom. The quantitative estimate of drug-likeness (QED) is 0.248. The zero-order valence-electron chi connectivity index (χ0n) is 19.6. The maximum absolute atomic E-state index is 12.7. The number of esters is 1. The van der Waals surface area contributed by atoms with Crippen LogP contribution in [0.1, 0.15) is 56.6 Å². The van der Waals surface area contributed by atoms with Crippen LogP contribution < -0.4 is 5.56 Å².